The molecule has 0 radical (unpaired) electrons. The Balaban J connectivity index is 1.39. The largest absolute Gasteiger partial charge is 0.494 e. The summed E-state index contributed by atoms with van der Waals surface area (Å²) in [5.41, 5.74) is 2.39. The number of hydrogen-bond acceptors (Lipinski definition) is 4. The van der Waals surface area contributed by atoms with Crippen molar-refractivity contribution in [3.8, 4) is 17.1 Å². The first kappa shape index (κ1) is 16.4. The minimum absolute atomic E-state index is 0.122. The number of amides is 1. The Bertz CT molecular complexity index is 904. The number of ether oxygens (including phenoxy) is 1. The van der Waals surface area contributed by atoms with Crippen molar-refractivity contribution in [1.29, 1.82) is 0 Å². The number of nitrogens with one attached hydrogen (secondary N) is 1. The molecular weight excluding hydrogens is 328 g/mol. The van der Waals surface area contributed by atoms with Crippen LogP contribution in [-0.2, 0) is 0 Å². The van der Waals surface area contributed by atoms with Gasteiger partial charge in [-0.25, -0.2) is 0 Å². The summed E-state index contributed by atoms with van der Waals surface area (Å²) in [4.78, 5) is 12.4. The first-order chi connectivity index (χ1) is 12.7. The second-order valence-corrected chi connectivity index (χ2v) is 6.37. The summed E-state index contributed by atoms with van der Waals surface area (Å²) in [6, 6.07) is 19.5. The predicted octanol–water partition coefficient (Wildman–Crippen LogP) is 4.03. The van der Waals surface area contributed by atoms with Gasteiger partial charge in [-0.1, -0.05) is 47.6 Å². The van der Waals surface area contributed by atoms with E-state index in [1.807, 2.05) is 55.5 Å². The van der Waals surface area contributed by atoms with Crippen molar-refractivity contribution < 1.29 is 14.1 Å². The van der Waals surface area contributed by atoms with Crippen LogP contribution in [0.2, 0.25) is 0 Å². The van der Waals surface area contributed by atoms with E-state index < -0.39 is 0 Å². The van der Waals surface area contributed by atoms with E-state index in [0.717, 1.165) is 17.7 Å². The zero-order valence-corrected chi connectivity index (χ0v) is 14.5. The molecule has 4 rings (SSSR count). The Labute approximate surface area is 152 Å². The molecule has 5 heteroatoms. The van der Waals surface area contributed by atoms with Gasteiger partial charge >= 0.3 is 0 Å². The standard InChI is InChI=1S/C21H20N2O3/c1-2-25-16-10-6-9-15(11-16)17-12-18(17)22-21(24)19-13-20(26-23-19)14-7-4-3-5-8-14/h3-11,13,17-18H,2,12H2,1H3,(H,22,24)/t17-,18+/m0/s1. The monoisotopic (exact) mass is 348 g/mol. The molecule has 0 saturated heterocycles. The lowest BCUT2D eigenvalue weighted by atomic mass is 10.1. The number of nitrogens with zero attached hydrogens (tertiary/aromatic N) is 1. The van der Waals surface area contributed by atoms with Crippen LogP contribution in [0, 0.1) is 0 Å². The first-order valence-electron chi connectivity index (χ1n) is 8.80. The summed E-state index contributed by atoms with van der Waals surface area (Å²) in [6.07, 6.45) is 0.921. The topological polar surface area (TPSA) is 64.4 Å². The molecule has 0 spiro atoms. The zero-order chi connectivity index (χ0) is 17.9. The average molecular weight is 348 g/mol. The van der Waals surface area contributed by atoms with Gasteiger partial charge in [-0.05, 0) is 31.0 Å². The second-order valence-electron chi connectivity index (χ2n) is 6.37. The molecule has 1 aliphatic carbocycles. The third-order valence-corrected chi connectivity index (χ3v) is 4.51. The van der Waals surface area contributed by atoms with Gasteiger partial charge in [-0.3, -0.25) is 4.79 Å². The molecule has 0 unspecified atom stereocenters. The van der Waals surface area contributed by atoms with Crippen LogP contribution < -0.4 is 10.1 Å². The minimum Gasteiger partial charge on any atom is -0.494 e. The smallest absolute Gasteiger partial charge is 0.273 e. The van der Waals surface area contributed by atoms with E-state index in [1.54, 1.807) is 6.07 Å². The van der Waals surface area contributed by atoms with E-state index in [2.05, 4.69) is 16.5 Å². The highest BCUT2D eigenvalue weighted by Gasteiger charge is 2.40. The molecule has 2 atom stereocenters. The fourth-order valence-corrected chi connectivity index (χ4v) is 3.09. The van der Waals surface area contributed by atoms with Crippen molar-refractivity contribution in [1.82, 2.24) is 10.5 Å². The van der Waals surface area contributed by atoms with Crippen LogP contribution in [0.25, 0.3) is 11.3 Å². The Morgan fingerprint density at radius 2 is 2.04 bits per heavy atom. The maximum absolute atomic E-state index is 12.4. The molecule has 132 valence electrons. The molecule has 26 heavy (non-hydrogen) atoms. The zero-order valence-electron chi connectivity index (χ0n) is 14.5. The molecule has 5 nitrogen and oxygen atoms in total. The van der Waals surface area contributed by atoms with Crippen LogP contribution in [-0.4, -0.2) is 23.7 Å². The summed E-state index contributed by atoms with van der Waals surface area (Å²) >= 11 is 0. The van der Waals surface area contributed by atoms with Gasteiger partial charge in [0.15, 0.2) is 11.5 Å². The highest BCUT2D eigenvalue weighted by Crippen LogP contribution is 2.41. The summed E-state index contributed by atoms with van der Waals surface area (Å²) in [5, 5.41) is 6.94. The Morgan fingerprint density at radius 1 is 1.19 bits per heavy atom. The molecule has 1 saturated carbocycles. The maximum atomic E-state index is 12.4. The van der Waals surface area contributed by atoms with Gasteiger partial charge in [0.1, 0.15) is 5.75 Å². The minimum atomic E-state index is -0.204. The van der Waals surface area contributed by atoms with Gasteiger partial charge in [0.05, 0.1) is 6.61 Å². The van der Waals surface area contributed by atoms with Gasteiger partial charge in [0, 0.05) is 23.6 Å². The SMILES string of the molecule is CCOc1cccc([C@@H]2C[C@H]2NC(=O)c2cc(-c3ccccc3)on2)c1. The highest BCUT2D eigenvalue weighted by molar-refractivity contribution is 5.93. The third-order valence-electron chi connectivity index (χ3n) is 4.51. The van der Waals surface area contributed by atoms with Crippen molar-refractivity contribution >= 4 is 5.91 Å². The van der Waals surface area contributed by atoms with Crippen molar-refractivity contribution in [2.75, 3.05) is 6.61 Å². The lowest BCUT2D eigenvalue weighted by Gasteiger charge is -2.06. The van der Waals surface area contributed by atoms with E-state index in [1.165, 1.54) is 5.56 Å². The predicted molar refractivity (Wildman–Crippen MR) is 98.2 cm³/mol. The summed E-state index contributed by atoms with van der Waals surface area (Å²) in [6.45, 7) is 2.61. The van der Waals surface area contributed by atoms with E-state index >= 15 is 0 Å². The Kier molecular flexibility index (Phi) is 4.44. The van der Waals surface area contributed by atoms with E-state index in [0.29, 0.717) is 24.0 Å². The van der Waals surface area contributed by atoms with E-state index in [9.17, 15) is 4.79 Å². The van der Waals surface area contributed by atoms with Gasteiger partial charge in [-0.15, -0.1) is 0 Å². The fourth-order valence-electron chi connectivity index (χ4n) is 3.09. The number of hydrogen-bond donors (Lipinski definition) is 1. The highest BCUT2D eigenvalue weighted by atomic mass is 16.5. The van der Waals surface area contributed by atoms with Crippen molar-refractivity contribution in [2.45, 2.75) is 25.3 Å². The van der Waals surface area contributed by atoms with Gasteiger partial charge in [0.25, 0.3) is 5.91 Å². The first-order valence-corrected chi connectivity index (χ1v) is 8.80. The third kappa shape index (κ3) is 3.47. The second kappa shape index (κ2) is 7.04. The number of carbonyl (C=O) groups is 1. The van der Waals surface area contributed by atoms with Crippen LogP contribution in [0.3, 0.4) is 0 Å². The summed E-state index contributed by atoms with van der Waals surface area (Å²) in [5.74, 6) is 1.57. The van der Waals surface area contributed by atoms with Gasteiger partial charge in [0.2, 0.25) is 0 Å². The number of carbonyl (C=O) groups excluding carboxylic acids is 1. The maximum Gasteiger partial charge on any atom is 0.273 e. The molecule has 0 bridgehead atoms. The summed E-state index contributed by atoms with van der Waals surface area (Å²) in [7, 11) is 0. The van der Waals surface area contributed by atoms with E-state index in [-0.39, 0.29) is 11.9 Å². The van der Waals surface area contributed by atoms with Crippen LogP contribution in [0.5, 0.6) is 5.75 Å². The van der Waals surface area contributed by atoms with Crippen LogP contribution in [0.4, 0.5) is 0 Å². The van der Waals surface area contributed by atoms with E-state index in [4.69, 9.17) is 9.26 Å². The number of rotatable bonds is 6. The normalized spacial score (nSPS) is 18.3. The molecule has 1 heterocycles. The van der Waals surface area contributed by atoms with Crippen LogP contribution in [0.1, 0.15) is 35.3 Å². The lowest BCUT2D eigenvalue weighted by molar-refractivity contribution is 0.0941. The molecule has 2 aromatic carbocycles. The fraction of sp³-hybridized carbons (Fsp3) is 0.238. The molecule has 1 fully saturated rings. The van der Waals surface area contributed by atoms with Gasteiger partial charge in [-0.2, -0.15) is 0 Å². The average Bonchev–Trinajstić information content (AvgIpc) is 3.25. The van der Waals surface area contributed by atoms with Gasteiger partial charge < -0.3 is 14.6 Å². The summed E-state index contributed by atoms with van der Waals surface area (Å²) < 4.78 is 10.8. The number of benzene rings is 2. The quantitative estimate of drug-likeness (QED) is 0.730. The molecule has 1 aromatic heterocycles. The molecule has 1 N–H and O–H groups in total. The van der Waals surface area contributed by atoms with Crippen molar-refractivity contribution in [2.24, 2.45) is 0 Å². The molecule has 1 amide bonds. The molecular formula is C21H20N2O3. The lowest BCUT2D eigenvalue weighted by Crippen LogP contribution is -2.26. The van der Waals surface area contributed by atoms with Crippen molar-refractivity contribution in [3.05, 3.63) is 71.9 Å². The Hall–Kier alpha value is -3.08. The van der Waals surface area contributed by atoms with Crippen LogP contribution >= 0.6 is 0 Å². The molecule has 1 aliphatic rings. The Morgan fingerprint density at radius 3 is 2.85 bits per heavy atom. The van der Waals surface area contributed by atoms with Crippen LogP contribution in [0.15, 0.2) is 65.2 Å². The molecule has 0 aliphatic heterocycles. The molecule has 3 aromatic rings. The van der Waals surface area contributed by atoms with Crippen molar-refractivity contribution in [3.63, 3.8) is 0 Å². The number of aromatic nitrogens is 1.